The summed E-state index contributed by atoms with van der Waals surface area (Å²) in [6, 6.07) is 7.18. The zero-order chi connectivity index (χ0) is 92.5. The number of carbonyl (C=O) groups is 6. The van der Waals surface area contributed by atoms with Crippen LogP contribution >= 0.6 is 0 Å². The third-order valence-electron chi connectivity index (χ3n) is 25.5. The van der Waals surface area contributed by atoms with E-state index in [-0.39, 0.29) is 73.3 Å². The van der Waals surface area contributed by atoms with E-state index in [2.05, 4.69) is 46.3 Å². The molecule has 2 saturated heterocycles. The highest BCUT2D eigenvalue weighted by Gasteiger charge is 2.53. The number of allylic oxidation sites excluding steroid dienone is 5. The van der Waals surface area contributed by atoms with Crippen LogP contribution in [0.3, 0.4) is 0 Å². The molecular formula is C97H151N7O24. The fourth-order valence-corrected chi connectivity index (χ4v) is 17.8. The number of aromatic amines is 1. The van der Waals surface area contributed by atoms with Gasteiger partial charge in [-0.05, 0) is 178 Å². The van der Waals surface area contributed by atoms with Crippen molar-refractivity contribution in [1.29, 1.82) is 0 Å². The lowest BCUT2D eigenvalue weighted by atomic mass is 9.78. The first-order valence-corrected chi connectivity index (χ1v) is 46.9. The topological polar surface area (TPSA) is 390 Å². The van der Waals surface area contributed by atoms with Gasteiger partial charge in [0.25, 0.3) is 11.7 Å². The number of Topliss-reactive ketones (excluding diaryl/α,β-unsaturated/α-hetero) is 3. The van der Waals surface area contributed by atoms with Crippen molar-refractivity contribution in [2.45, 2.75) is 264 Å². The number of rotatable bonds is 41. The zero-order valence-electron chi connectivity index (χ0n) is 78.5. The van der Waals surface area contributed by atoms with Gasteiger partial charge in [0.2, 0.25) is 5.79 Å². The second-order valence-electron chi connectivity index (χ2n) is 35.1. The lowest BCUT2D eigenvalue weighted by Crippen LogP contribution is -2.61. The number of amides is 1. The molecule has 2 aliphatic carbocycles. The van der Waals surface area contributed by atoms with Gasteiger partial charge in [-0.1, -0.05) is 89.3 Å². The number of aliphatic hydroxyl groups is 3. The maximum atomic E-state index is 14.7. The van der Waals surface area contributed by atoms with Crippen LogP contribution in [0.2, 0.25) is 0 Å². The van der Waals surface area contributed by atoms with E-state index in [1.54, 1.807) is 41.1 Å². The first-order valence-electron chi connectivity index (χ1n) is 46.9. The van der Waals surface area contributed by atoms with Crippen molar-refractivity contribution < 1.29 is 115 Å². The molecule has 2 bridgehead atoms. The van der Waals surface area contributed by atoms with Gasteiger partial charge in [-0.2, -0.15) is 5.10 Å². The number of piperidine rings is 1. The van der Waals surface area contributed by atoms with Crippen LogP contribution in [0.15, 0.2) is 78.2 Å². The summed E-state index contributed by atoms with van der Waals surface area (Å²) >= 11 is 0. The number of hydrogen-bond acceptors (Lipinski definition) is 28. The van der Waals surface area contributed by atoms with E-state index < -0.39 is 90.0 Å². The SMILES string of the molecule is CCOCCOCCOCCOCCCC(=O)O[C@@H]1CC[C@@H](C[C@@H](C)[C@@H]2C[C@@H](O)[C@H](C)/C=C(\C)[C@@H](O)[C@@H](OC)C(=O)[C@H](C)C[C@H](C)/C=C/C=C/C=C(\C)[C@@H](OC)C[C@@H]3CC[C@@H](C)[C@@](O)(O3)C(=O)C(=O)N3CCCC[C@H]3C(=O)O2)C[C@H]1OC.CCOCCOCCOCCOCCOCCCC(=O)C1CCC(c2nc(-c3cc4cccc(C)c4[nH]3)c3c(N)ncnn23)CC1. The van der Waals surface area contributed by atoms with Crippen molar-refractivity contribution in [2.75, 3.05) is 153 Å². The molecule has 0 spiro atoms. The average Bonchev–Trinajstić information content (AvgIpc) is 1.56. The minimum Gasteiger partial charge on any atom is -0.460 e. The van der Waals surface area contributed by atoms with Crippen LogP contribution < -0.4 is 5.73 Å². The number of aliphatic hydroxyl groups excluding tert-OH is 2. The number of methoxy groups -OCH3 is 3. The minimum atomic E-state index is -2.45. The van der Waals surface area contributed by atoms with Gasteiger partial charge in [-0.3, -0.25) is 24.0 Å². The third kappa shape index (κ3) is 32.9. The average molecular weight is 1800 g/mol. The van der Waals surface area contributed by atoms with Crippen molar-refractivity contribution >= 4 is 57.4 Å². The number of aromatic nitrogens is 5. The maximum absolute atomic E-state index is 14.7. The molecule has 6 heterocycles. The van der Waals surface area contributed by atoms with E-state index in [4.69, 9.17) is 81.8 Å². The Bertz CT molecular complexity index is 4120. The van der Waals surface area contributed by atoms with E-state index in [1.165, 1.54) is 23.9 Å². The third-order valence-corrected chi connectivity index (χ3v) is 25.5. The number of benzene rings is 1. The van der Waals surface area contributed by atoms with Crippen LogP contribution in [0.1, 0.15) is 208 Å². The molecule has 1 aromatic carbocycles. The summed E-state index contributed by atoms with van der Waals surface area (Å²) in [5.41, 5.74) is 12.3. The first-order chi connectivity index (χ1) is 61.7. The molecule has 128 heavy (non-hydrogen) atoms. The Labute approximate surface area is 757 Å². The summed E-state index contributed by atoms with van der Waals surface area (Å²) < 4.78 is 87.0. The number of nitrogens with two attached hydrogens (primary N) is 1. The van der Waals surface area contributed by atoms with Crippen LogP contribution in [0.5, 0.6) is 0 Å². The highest BCUT2D eigenvalue weighted by atomic mass is 16.6. The fourth-order valence-electron chi connectivity index (χ4n) is 17.8. The predicted molar refractivity (Wildman–Crippen MR) is 484 cm³/mol. The number of ether oxygens (including phenoxy) is 15. The smallest absolute Gasteiger partial charge is 0.329 e. The number of para-hydroxylation sites is 1. The van der Waals surface area contributed by atoms with Crippen molar-refractivity contribution in [1.82, 2.24) is 29.5 Å². The number of carbonyl (C=O) groups excluding carboxylic acids is 6. The lowest BCUT2D eigenvalue weighted by Gasteiger charge is -2.43. The number of cyclic esters (lactones) is 1. The Morgan fingerprint density at radius 3 is 1.91 bits per heavy atom. The van der Waals surface area contributed by atoms with Crippen LogP contribution in [-0.2, 0) is 99.8 Å². The normalized spacial score (nSPS) is 28.7. The molecule has 4 aromatic rings. The van der Waals surface area contributed by atoms with Gasteiger partial charge < -0.3 is 102 Å². The molecule has 0 radical (unpaired) electrons. The Hall–Kier alpha value is -7.15. The number of nitrogens with one attached hydrogen (secondary N) is 1. The van der Waals surface area contributed by atoms with E-state index in [0.29, 0.717) is 219 Å². The van der Waals surface area contributed by atoms with Crippen molar-refractivity contribution in [3.05, 3.63) is 89.6 Å². The van der Waals surface area contributed by atoms with Crippen molar-refractivity contribution in [2.24, 2.45) is 41.4 Å². The van der Waals surface area contributed by atoms with E-state index in [9.17, 15) is 44.1 Å². The molecule has 31 heteroatoms. The molecule has 3 aromatic heterocycles. The van der Waals surface area contributed by atoms with Gasteiger partial charge in [-0.25, -0.2) is 19.3 Å². The highest BCUT2D eigenvalue weighted by molar-refractivity contribution is 6.39. The number of hydrogen-bond donors (Lipinski definition) is 5. The Balaban J connectivity index is 0.000000369. The van der Waals surface area contributed by atoms with Gasteiger partial charge in [0, 0.05) is 120 Å². The Morgan fingerprint density at radius 2 is 1.30 bits per heavy atom. The Kier molecular flexibility index (Phi) is 47.0. The second-order valence-corrected chi connectivity index (χ2v) is 35.1. The number of anilines is 1. The number of H-pyrrole nitrogens is 1. The van der Waals surface area contributed by atoms with E-state index in [1.807, 2.05) is 76.4 Å². The molecule has 16 atom stereocenters. The number of nitrogens with zero attached hydrogens (tertiary/aromatic N) is 5. The molecule has 4 fully saturated rings. The van der Waals surface area contributed by atoms with Gasteiger partial charge in [0.05, 0.1) is 123 Å². The quantitative estimate of drug-likeness (QED) is 0.0119. The fraction of sp³-hybridized carbons (Fsp3) is 0.722. The predicted octanol–water partition coefficient (Wildman–Crippen LogP) is 12.3. The molecule has 6 N–H and O–H groups in total. The Morgan fingerprint density at radius 1 is 0.680 bits per heavy atom. The standard InChI is InChI=1S/C63H103NO18.C34H48N6O6/c1-12-76-29-30-78-33-34-79-32-31-77-28-18-22-56(66)80-52-26-24-48(38-55(52)74-10)37-44(5)54-40-51(65)43(4)36-46(7)58(68)59(75-11)57(67)45(6)35-41(2)19-14-13-15-20-42(3)53(73-9)39-49-25-23-47(8)63(72,82-49)60(69)61(70)64-27-17-16-21-50(64)62(71)81-54;1-3-42-14-15-44-18-19-46-21-20-45-17-16-43-13-5-8-29(41)25-9-11-26(12-10-25)34-39-31(32-33(35)36-23-37-40(32)34)28-22-27-7-4-6-24(2)30(27)38-28/h13-15,19-20,36,41,43-45,47-55,58-59,65,68,72H,12,16-18,21-35,37-40H2,1-11H3;4,6-7,22-23,25-26,38H,3,5,8-21H2,1-2H3,(H2,35,36,37)/b15-13+,19-14+,42-20+,46-36+;/t41-,43-,44-,45-,47-,48+,49+,50+,51-,52-,53+,54+,55-,58-,59+,63-;/m1./s1. The van der Waals surface area contributed by atoms with Gasteiger partial charge in [0.15, 0.2) is 11.6 Å². The number of ketones is 3. The number of imidazole rings is 1. The van der Waals surface area contributed by atoms with E-state index in [0.717, 1.165) is 65.8 Å². The van der Waals surface area contributed by atoms with Crippen LogP contribution in [-0.4, -0.2) is 287 Å². The van der Waals surface area contributed by atoms with Gasteiger partial charge >= 0.3 is 11.9 Å². The molecule has 31 nitrogen and oxygen atoms in total. The molecule has 3 aliphatic heterocycles. The monoisotopic (exact) mass is 1800 g/mol. The number of esters is 2. The summed E-state index contributed by atoms with van der Waals surface area (Å²) in [6.07, 6.45) is 17.1. The molecule has 0 unspecified atom stereocenters. The molecule has 5 aliphatic rings. The van der Waals surface area contributed by atoms with Gasteiger partial charge in [0.1, 0.15) is 59.6 Å². The minimum absolute atomic E-state index is 0.0100. The van der Waals surface area contributed by atoms with Gasteiger partial charge in [-0.15, -0.1) is 0 Å². The van der Waals surface area contributed by atoms with Crippen LogP contribution in [0.4, 0.5) is 5.82 Å². The molecule has 2 saturated carbocycles. The second kappa shape index (κ2) is 56.7. The number of nitrogen functional groups attached to an aromatic ring is 1. The number of aryl methyl sites for hydroxylation is 1. The van der Waals surface area contributed by atoms with Crippen molar-refractivity contribution in [3.63, 3.8) is 0 Å². The van der Waals surface area contributed by atoms with Crippen LogP contribution in [0, 0.1) is 48.3 Å². The largest absolute Gasteiger partial charge is 0.460 e. The summed E-state index contributed by atoms with van der Waals surface area (Å²) in [7, 11) is 4.56. The molecule has 718 valence electrons. The summed E-state index contributed by atoms with van der Waals surface area (Å²) in [5.74, 6) is -6.11. The first kappa shape index (κ1) is 106. The maximum Gasteiger partial charge on any atom is 0.329 e. The summed E-state index contributed by atoms with van der Waals surface area (Å²) in [4.78, 5) is 97.4. The summed E-state index contributed by atoms with van der Waals surface area (Å²) in [6.45, 7) is 28.3. The highest BCUT2D eigenvalue weighted by Crippen LogP contribution is 2.42. The van der Waals surface area contributed by atoms with Crippen LogP contribution in [0.25, 0.3) is 27.8 Å². The molecule has 1 amide bonds. The zero-order valence-corrected chi connectivity index (χ0v) is 78.5. The number of fused-ring (bicyclic) bond motifs is 5. The van der Waals surface area contributed by atoms with E-state index >= 15 is 0 Å². The molecule has 9 rings (SSSR count). The summed E-state index contributed by atoms with van der Waals surface area (Å²) in [5, 5.41) is 41.3. The van der Waals surface area contributed by atoms with Crippen molar-refractivity contribution in [3.8, 4) is 11.4 Å². The molecular weight excluding hydrogens is 1650 g/mol. The lowest BCUT2D eigenvalue weighted by molar-refractivity contribution is -0.265.